The fourth-order valence-electron chi connectivity index (χ4n) is 3.73. The van der Waals surface area contributed by atoms with Crippen molar-refractivity contribution in [3.63, 3.8) is 0 Å². The van der Waals surface area contributed by atoms with Crippen LogP contribution in [0.2, 0.25) is 0 Å². The maximum absolute atomic E-state index is 12.2. The third-order valence-electron chi connectivity index (χ3n) is 5.44. The largest absolute Gasteiger partial charge is 0.508 e. The van der Waals surface area contributed by atoms with Gasteiger partial charge in [-0.2, -0.15) is 0 Å². The quantitative estimate of drug-likeness (QED) is 0.263. The molecule has 0 radical (unpaired) electrons. The first kappa shape index (κ1) is 24.5. The highest BCUT2D eigenvalue weighted by Gasteiger charge is 2.26. The Labute approximate surface area is 190 Å². The highest BCUT2D eigenvalue weighted by molar-refractivity contribution is 6.10. The Hall–Kier alpha value is -2.72. The Kier molecular flexibility index (Phi) is 8.76. The van der Waals surface area contributed by atoms with Crippen LogP contribution in [-0.4, -0.2) is 11.0 Å². The number of nitrogens with one attached hydrogen (secondary N) is 1. The molecule has 0 bridgehead atoms. The van der Waals surface area contributed by atoms with Gasteiger partial charge in [-0.15, -0.1) is 0 Å². The molecule has 2 rings (SSSR count). The second kappa shape index (κ2) is 11.1. The van der Waals surface area contributed by atoms with E-state index in [-0.39, 0.29) is 22.8 Å². The summed E-state index contributed by atoms with van der Waals surface area (Å²) in [5.74, 6) is -0.142. The number of hydrogen-bond acceptors (Lipinski definition) is 3. The average molecular weight is 442 g/mol. The van der Waals surface area contributed by atoms with E-state index in [4.69, 9.17) is 11.9 Å². The number of phenolic OH excluding ortho intramolecular Hbond substituents is 1. The van der Waals surface area contributed by atoms with Crippen molar-refractivity contribution in [2.24, 2.45) is 5.41 Å². The predicted octanol–water partition coefficient (Wildman–Crippen LogP) is 7.39. The molecule has 0 fully saturated rings. The van der Waals surface area contributed by atoms with Gasteiger partial charge in [0.15, 0.2) is 5.75 Å². The maximum atomic E-state index is 12.2. The Morgan fingerprint density at radius 2 is 1.97 bits per heavy atom. The summed E-state index contributed by atoms with van der Waals surface area (Å²) in [6, 6.07) is 4.29. The second-order valence-corrected chi connectivity index (χ2v) is 8.82. The fourth-order valence-corrected chi connectivity index (χ4v) is 3.86. The summed E-state index contributed by atoms with van der Waals surface area (Å²) < 4.78 is 4.65. The number of phenols is 1. The number of carbonyl (C=O) groups excluding carboxylic acids is 1. The summed E-state index contributed by atoms with van der Waals surface area (Å²) in [4.78, 5) is 12.2. The smallest absolute Gasteiger partial charge is 0.248 e. The Bertz CT molecular complexity index is 965. The molecule has 5 heteroatoms. The number of hydrogen-bond donors (Lipinski definition) is 2. The normalized spacial score (nSPS) is 17.5. The number of rotatable bonds is 7. The first-order valence-electron chi connectivity index (χ1n) is 10.5. The van der Waals surface area contributed by atoms with Crippen molar-refractivity contribution in [3.05, 3.63) is 76.9 Å². The zero-order chi connectivity index (χ0) is 23.0. The van der Waals surface area contributed by atoms with Crippen molar-refractivity contribution in [3.8, 4) is 11.5 Å². The monoisotopic (exact) mass is 441 g/mol. The lowest BCUT2D eigenvalue weighted by molar-refractivity contribution is -0.111. The molecule has 1 aromatic rings. The molecule has 166 valence electrons. The minimum atomic E-state index is -0.314. The lowest BCUT2D eigenvalue weighted by Crippen LogP contribution is -2.19. The summed E-state index contributed by atoms with van der Waals surface area (Å²) in [5.41, 5.74) is 5.47. The molecule has 2 N–H and O–H groups in total. The highest BCUT2D eigenvalue weighted by Crippen LogP contribution is 2.40. The van der Waals surface area contributed by atoms with E-state index in [0.717, 1.165) is 11.1 Å². The highest BCUT2D eigenvalue weighted by atomic mass is 35.5. The van der Waals surface area contributed by atoms with Crippen molar-refractivity contribution in [2.45, 2.75) is 53.9 Å². The van der Waals surface area contributed by atoms with Crippen LogP contribution in [0.1, 0.15) is 53.9 Å². The van der Waals surface area contributed by atoms with E-state index in [0.29, 0.717) is 5.69 Å². The van der Waals surface area contributed by atoms with E-state index in [1.807, 2.05) is 25.2 Å². The predicted molar refractivity (Wildman–Crippen MR) is 129 cm³/mol. The van der Waals surface area contributed by atoms with E-state index in [1.165, 1.54) is 54.7 Å². The zero-order valence-corrected chi connectivity index (χ0v) is 19.7. The van der Waals surface area contributed by atoms with Crippen LogP contribution < -0.4 is 9.61 Å². The van der Waals surface area contributed by atoms with Crippen molar-refractivity contribution in [1.29, 1.82) is 0 Å². The van der Waals surface area contributed by atoms with Gasteiger partial charge < -0.3 is 14.7 Å². The molecule has 0 spiro atoms. The van der Waals surface area contributed by atoms with Gasteiger partial charge in [-0.3, -0.25) is 4.79 Å². The molecule has 1 aliphatic carbocycles. The first-order chi connectivity index (χ1) is 14.6. The zero-order valence-electron chi connectivity index (χ0n) is 19.0. The molecule has 1 aliphatic rings. The Balaban J connectivity index is 2.00. The SMILES string of the molecule is CC1=C(/C=C/C(C)=C/C=C/C(C)=C/C(=O)Nc2ccc(O)cc2OCl)C(C)(C)CCC1. The molecule has 0 aromatic heterocycles. The molecule has 1 amide bonds. The van der Waals surface area contributed by atoms with E-state index < -0.39 is 0 Å². The van der Waals surface area contributed by atoms with Crippen LogP contribution in [0.4, 0.5) is 5.69 Å². The van der Waals surface area contributed by atoms with Crippen molar-refractivity contribution in [1.82, 2.24) is 0 Å². The molecule has 1 aromatic carbocycles. The van der Waals surface area contributed by atoms with Gasteiger partial charge in [-0.1, -0.05) is 55.4 Å². The number of amides is 1. The summed E-state index contributed by atoms with van der Waals surface area (Å²) in [7, 11) is 0. The lowest BCUT2D eigenvalue weighted by Gasteiger charge is -2.32. The molecule has 0 saturated heterocycles. The lowest BCUT2D eigenvalue weighted by atomic mass is 9.72. The van der Waals surface area contributed by atoms with Gasteiger partial charge in [-0.25, -0.2) is 0 Å². The number of halogens is 1. The first-order valence-corrected chi connectivity index (χ1v) is 10.8. The van der Waals surface area contributed by atoms with Crippen LogP contribution in [0.5, 0.6) is 11.5 Å². The van der Waals surface area contributed by atoms with Crippen LogP contribution >= 0.6 is 11.9 Å². The Morgan fingerprint density at radius 3 is 2.65 bits per heavy atom. The number of carbonyl (C=O) groups is 1. The van der Waals surface area contributed by atoms with Gasteiger partial charge in [-0.05, 0) is 68.7 Å². The average Bonchev–Trinajstić information content (AvgIpc) is 2.68. The maximum Gasteiger partial charge on any atom is 0.248 e. The van der Waals surface area contributed by atoms with Crippen LogP contribution in [0.15, 0.2) is 76.9 Å². The van der Waals surface area contributed by atoms with E-state index in [9.17, 15) is 9.90 Å². The number of aromatic hydroxyl groups is 1. The Morgan fingerprint density at radius 1 is 1.23 bits per heavy atom. The van der Waals surface area contributed by atoms with E-state index in [2.05, 4.69) is 49.5 Å². The summed E-state index contributed by atoms with van der Waals surface area (Å²) in [6.07, 6.45) is 15.4. The standard InChI is InChI=1S/C26H32ClNO3/c1-18(11-13-22-20(3)10-7-15-26(22,4)5)8-6-9-19(2)16-25(30)28-23-14-12-21(29)17-24(23)31-27/h6,8-9,11-14,16-17,29H,7,10,15H2,1-5H3,(H,28,30)/b9-6+,13-11+,18-8+,19-16+. The molecule has 0 heterocycles. The van der Waals surface area contributed by atoms with Gasteiger partial charge in [0, 0.05) is 12.1 Å². The van der Waals surface area contributed by atoms with Gasteiger partial charge >= 0.3 is 0 Å². The van der Waals surface area contributed by atoms with Crippen LogP contribution in [0, 0.1) is 5.41 Å². The van der Waals surface area contributed by atoms with Crippen LogP contribution in [-0.2, 0) is 4.79 Å². The van der Waals surface area contributed by atoms with Crippen LogP contribution in [0.25, 0.3) is 0 Å². The third kappa shape index (κ3) is 7.48. The molecule has 0 atom stereocenters. The van der Waals surface area contributed by atoms with Gasteiger partial charge in [0.25, 0.3) is 0 Å². The van der Waals surface area contributed by atoms with Gasteiger partial charge in [0.05, 0.1) is 5.69 Å². The molecular formula is C26H32ClNO3. The van der Waals surface area contributed by atoms with Crippen molar-refractivity contribution >= 4 is 23.5 Å². The fraction of sp³-hybridized carbons (Fsp3) is 0.346. The van der Waals surface area contributed by atoms with Crippen LogP contribution in [0.3, 0.4) is 0 Å². The molecule has 0 unspecified atom stereocenters. The summed E-state index contributed by atoms with van der Waals surface area (Å²) in [5, 5.41) is 12.1. The molecule has 4 nitrogen and oxygen atoms in total. The topological polar surface area (TPSA) is 58.6 Å². The summed E-state index contributed by atoms with van der Waals surface area (Å²) >= 11 is 5.39. The number of anilines is 1. The minimum Gasteiger partial charge on any atom is -0.508 e. The molecular weight excluding hydrogens is 410 g/mol. The third-order valence-corrected chi connectivity index (χ3v) is 5.60. The summed E-state index contributed by atoms with van der Waals surface area (Å²) in [6.45, 7) is 10.8. The minimum absolute atomic E-state index is 0.00184. The van der Waals surface area contributed by atoms with E-state index in [1.54, 1.807) is 0 Å². The number of benzene rings is 1. The van der Waals surface area contributed by atoms with E-state index >= 15 is 0 Å². The van der Waals surface area contributed by atoms with Gasteiger partial charge in [0.2, 0.25) is 5.91 Å². The van der Waals surface area contributed by atoms with Crippen molar-refractivity contribution in [2.75, 3.05) is 5.32 Å². The van der Waals surface area contributed by atoms with Crippen molar-refractivity contribution < 1.29 is 14.2 Å². The molecule has 31 heavy (non-hydrogen) atoms. The molecule has 0 aliphatic heterocycles. The van der Waals surface area contributed by atoms with Gasteiger partial charge in [0.1, 0.15) is 17.6 Å². The number of allylic oxidation sites excluding steroid dienone is 9. The second-order valence-electron chi connectivity index (χ2n) is 8.67. The molecule has 0 saturated carbocycles.